The molecule has 4 nitrogen and oxygen atoms in total. The molecule has 0 atom stereocenters. The van der Waals surface area contributed by atoms with Crippen molar-refractivity contribution in [3.05, 3.63) is 87.1 Å². The van der Waals surface area contributed by atoms with Gasteiger partial charge in [-0.05, 0) is 60.3 Å². The first-order chi connectivity index (χ1) is 13.1. The Hall–Kier alpha value is -3.36. The minimum atomic E-state index is -0.396. The molecular weight excluding hydrogens is 358 g/mol. The van der Waals surface area contributed by atoms with Crippen molar-refractivity contribution in [1.82, 2.24) is 0 Å². The monoisotopic (exact) mass is 375 g/mol. The van der Waals surface area contributed by atoms with Gasteiger partial charge in [0.15, 0.2) is 0 Å². The summed E-state index contributed by atoms with van der Waals surface area (Å²) in [5, 5.41) is 4.80. The number of rotatable bonds is 3. The van der Waals surface area contributed by atoms with E-state index in [2.05, 4.69) is 17.2 Å². The number of carbonyl (C=O) groups is 2. The van der Waals surface area contributed by atoms with Gasteiger partial charge in [-0.25, -0.2) is 4.79 Å². The maximum Gasteiger partial charge on any atom is 0.337 e. The molecule has 1 aromatic heterocycles. The lowest BCUT2D eigenvalue weighted by atomic mass is 10.1. The molecule has 134 valence electrons. The first kappa shape index (κ1) is 18.4. The highest BCUT2D eigenvalue weighted by Crippen LogP contribution is 2.18. The van der Waals surface area contributed by atoms with E-state index < -0.39 is 5.97 Å². The highest BCUT2D eigenvalue weighted by molar-refractivity contribution is 7.12. The lowest BCUT2D eigenvalue weighted by Gasteiger charge is -2.05. The molecule has 3 rings (SSSR count). The number of ether oxygens (including phenoxy) is 1. The predicted octanol–water partition coefficient (Wildman–Crippen LogP) is 4.50. The summed E-state index contributed by atoms with van der Waals surface area (Å²) >= 11 is 1.42. The van der Waals surface area contributed by atoms with E-state index >= 15 is 0 Å². The van der Waals surface area contributed by atoms with Crippen LogP contribution >= 0.6 is 11.3 Å². The third kappa shape index (κ3) is 4.63. The van der Waals surface area contributed by atoms with Crippen LogP contribution in [0.1, 0.15) is 36.7 Å². The number of anilines is 1. The normalized spacial score (nSPS) is 9.85. The second kappa shape index (κ2) is 8.35. The Kier molecular flexibility index (Phi) is 5.70. The molecule has 3 aromatic rings. The second-order valence-corrected chi connectivity index (χ2v) is 6.71. The van der Waals surface area contributed by atoms with Gasteiger partial charge in [-0.15, -0.1) is 11.3 Å². The summed E-state index contributed by atoms with van der Waals surface area (Å²) in [7, 11) is 1.35. The number of thiophene rings is 1. The van der Waals surface area contributed by atoms with E-state index in [1.54, 1.807) is 18.2 Å². The van der Waals surface area contributed by atoms with Crippen molar-refractivity contribution >= 4 is 28.9 Å². The molecule has 0 spiro atoms. The highest BCUT2D eigenvalue weighted by atomic mass is 32.1. The van der Waals surface area contributed by atoms with Crippen molar-refractivity contribution in [2.45, 2.75) is 6.92 Å². The van der Waals surface area contributed by atoms with Crippen molar-refractivity contribution in [2.24, 2.45) is 0 Å². The van der Waals surface area contributed by atoms with Gasteiger partial charge in [-0.3, -0.25) is 4.79 Å². The molecule has 0 aliphatic heterocycles. The number of methoxy groups -OCH3 is 1. The van der Waals surface area contributed by atoms with E-state index in [1.165, 1.54) is 18.4 Å². The fraction of sp³-hybridized carbons (Fsp3) is 0.0909. The second-order valence-electron chi connectivity index (χ2n) is 5.79. The molecule has 5 heteroatoms. The van der Waals surface area contributed by atoms with Crippen LogP contribution in [0.15, 0.2) is 60.0 Å². The smallest absolute Gasteiger partial charge is 0.337 e. The van der Waals surface area contributed by atoms with E-state index in [0.717, 1.165) is 11.1 Å². The summed E-state index contributed by atoms with van der Waals surface area (Å²) in [5.74, 6) is 5.56. The Morgan fingerprint density at radius 2 is 1.70 bits per heavy atom. The number of carbonyl (C=O) groups excluding carboxylic acids is 2. The lowest BCUT2D eigenvalue weighted by Crippen LogP contribution is -2.11. The molecule has 1 N–H and O–H groups in total. The predicted molar refractivity (Wildman–Crippen MR) is 107 cm³/mol. The van der Waals surface area contributed by atoms with Crippen molar-refractivity contribution in [3.8, 4) is 11.8 Å². The zero-order chi connectivity index (χ0) is 19.2. The Bertz CT molecular complexity index is 1060. The topological polar surface area (TPSA) is 55.4 Å². The minimum absolute atomic E-state index is 0.126. The van der Waals surface area contributed by atoms with Gasteiger partial charge in [0.25, 0.3) is 5.91 Å². The van der Waals surface area contributed by atoms with Gasteiger partial charge in [-0.1, -0.05) is 24.0 Å². The van der Waals surface area contributed by atoms with Crippen LogP contribution in [0, 0.1) is 18.8 Å². The summed E-state index contributed by atoms with van der Waals surface area (Å²) in [6.07, 6.45) is 0. The van der Waals surface area contributed by atoms with Crippen molar-refractivity contribution in [1.29, 1.82) is 0 Å². The van der Waals surface area contributed by atoms with E-state index in [-0.39, 0.29) is 5.91 Å². The molecule has 1 heterocycles. The summed E-state index contributed by atoms with van der Waals surface area (Å²) < 4.78 is 4.72. The van der Waals surface area contributed by atoms with Gasteiger partial charge in [0.05, 0.1) is 17.6 Å². The number of amides is 1. The summed E-state index contributed by atoms with van der Waals surface area (Å²) in [6.45, 7) is 1.91. The maximum absolute atomic E-state index is 12.3. The first-order valence-electron chi connectivity index (χ1n) is 8.23. The summed E-state index contributed by atoms with van der Waals surface area (Å²) in [5.41, 5.74) is 3.57. The van der Waals surface area contributed by atoms with Crippen molar-refractivity contribution < 1.29 is 14.3 Å². The quantitative estimate of drug-likeness (QED) is 0.542. The summed E-state index contributed by atoms with van der Waals surface area (Å²) in [6, 6.07) is 16.2. The van der Waals surface area contributed by atoms with Crippen LogP contribution in [0.25, 0.3) is 0 Å². The van der Waals surface area contributed by atoms with Crippen LogP contribution < -0.4 is 5.32 Å². The molecular formula is C22H17NO3S. The molecule has 2 aromatic carbocycles. The maximum atomic E-state index is 12.3. The van der Waals surface area contributed by atoms with Crippen LogP contribution in [0.3, 0.4) is 0 Å². The SMILES string of the molecule is COC(=O)c1cccc(C#Cc2cccc(NC(=O)c3sccc3C)c2)c1. The Balaban J connectivity index is 1.77. The lowest BCUT2D eigenvalue weighted by molar-refractivity contribution is 0.0600. The molecule has 0 saturated carbocycles. The number of hydrogen-bond acceptors (Lipinski definition) is 4. The van der Waals surface area contributed by atoms with Crippen LogP contribution in [0.2, 0.25) is 0 Å². The highest BCUT2D eigenvalue weighted by Gasteiger charge is 2.10. The standard InChI is InChI=1S/C22H17NO3S/c1-15-11-12-27-20(15)21(24)23-19-8-4-6-17(14-19)10-9-16-5-3-7-18(13-16)22(25)26-2/h3-8,11-14H,1-2H3,(H,23,24). The van der Waals surface area contributed by atoms with Gasteiger partial charge in [0.2, 0.25) is 0 Å². The molecule has 0 unspecified atom stereocenters. The molecule has 27 heavy (non-hydrogen) atoms. The fourth-order valence-electron chi connectivity index (χ4n) is 2.45. The molecule has 0 fully saturated rings. The molecule has 0 aliphatic rings. The zero-order valence-electron chi connectivity index (χ0n) is 14.9. The van der Waals surface area contributed by atoms with Gasteiger partial charge >= 0.3 is 5.97 Å². The fourth-order valence-corrected chi connectivity index (χ4v) is 3.27. The third-order valence-corrected chi connectivity index (χ3v) is 4.84. The van der Waals surface area contributed by atoms with Gasteiger partial charge in [0.1, 0.15) is 0 Å². The van der Waals surface area contributed by atoms with Crippen LogP contribution in [0.5, 0.6) is 0 Å². The van der Waals surface area contributed by atoms with Crippen LogP contribution in [0.4, 0.5) is 5.69 Å². The van der Waals surface area contributed by atoms with Gasteiger partial charge in [0, 0.05) is 16.8 Å². The van der Waals surface area contributed by atoms with E-state index in [1.807, 2.05) is 48.7 Å². The zero-order valence-corrected chi connectivity index (χ0v) is 15.7. The largest absolute Gasteiger partial charge is 0.465 e. The minimum Gasteiger partial charge on any atom is -0.465 e. The first-order valence-corrected chi connectivity index (χ1v) is 9.10. The number of hydrogen-bond donors (Lipinski definition) is 1. The molecule has 1 amide bonds. The number of esters is 1. The van der Waals surface area contributed by atoms with E-state index in [0.29, 0.717) is 21.7 Å². The number of aryl methyl sites for hydroxylation is 1. The van der Waals surface area contributed by atoms with E-state index in [4.69, 9.17) is 4.74 Å². The average Bonchev–Trinajstić information content (AvgIpc) is 3.12. The Morgan fingerprint density at radius 3 is 2.37 bits per heavy atom. The third-order valence-electron chi connectivity index (χ3n) is 3.82. The summed E-state index contributed by atoms with van der Waals surface area (Å²) in [4.78, 5) is 24.6. The number of nitrogens with one attached hydrogen (secondary N) is 1. The van der Waals surface area contributed by atoms with Crippen LogP contribution in [-0.4, -0.2) is 19.0 Å². The van der Waals surface area contributed by atoms with E-state index in [9.17, 15) is 9.59 Å². The van der Waals surface area contributed by atoms with Crippen molar-refractivity contribution in [3.63, 3.8) is 0 Å². The van der Waals surface area contributed by atoms with Gasteiger partial charge < -0.3 is 10.1 Å². The van der Waals surface area contributed by atoms with Crippen molar-refractivity contribution in [2.75, 3.05) is 12.4 Å². The Labute approximate surface area is 161 Å². The molecule has 0 radical (unpaired) electrons. The Morgan fingerprint density at radius 1 is 1.00 bits per heavy atom. The molecule has 0 saturated heterocycles. The molecule has 0 bridgehead atoms. The number of benzene rings is 2. The molecule has 0 aliphatic carbocycles. The van der Waals surface area contributed by atoms with Gasteiger partial charge in [-0.2, -0.15) is 0 Å². The van der Waals surface area contributed by atoms with Crippen LogP contribution in [-0.2, 0) is 4.74 Å². The average molecular weight is 375 g/mol.